The van der Waals surface area contributed by atoms with Crippen molar-refractivity contribution in [2.75, 3.05) is 13.7 Å². The Kier molecular flexibility index (Phi) is 9.08. The average Bonchev–Trinajstić information content (AvgIpc) is 2.92. The smallest absolute Gasteiger partial charge is 0.266 e. The molecule has 4 rings (SSSR count). The third-order valence-electron chi connectivity index (χ3n) is 6.65. The maximum atomic E-state index is 13.9. The van der Waals surface area contributed by atoms with Crippen LogP contribution < -0.4 is 10.3 Å². The van der Waals surface area contributed by atoms with Crippen LogP contribution in [0.4, 0.5) is 0 Å². The molecule has 0 N–H and O–H groups in total. The fourth-order valence-corrected chi connectivity index (χ4v) is 4.93. The van der Waals surface area contributed by atoms with Crippen LogP contribution in [0.2, 0.25) is 10.0 Å². The lowest BCUT2D eigenvalue weighted by Gasteiger charge is -2.31. The second kappa shape index (κ2) is 12.5. The normalized spacial score (nSPS) is 11.9. The molecule has 1 aromatic heterocycles. The van der Waals surface area contributed by atoms with Gasteiger partial charge in [-0.15, -0.1) is 0 Å². The Morgan fingerprint density at radius 2 is 1.76 bits per heavy atom. The summed E-state index contributed by atoms with van der Waals surface area (Å²) in [6.45, 7) is 4.54. The minimum absolute atomic E-state index is 0.207. The number of nitrogens with zero attached hydrogens (tertiary/aromatic N) is 3. The van der Waals surface area contributed by atoms with Crippen molar-refractivity contribution in [3.63, 3.8) is 0 Å². The molecule has 0 fully saturated rings. The average molecular weight is 553 g/mol. The van der Waals surface area contributed by atoms with Crippen LogP contribution in [0.5, 0.6) is 5.75 Å². The lowest BCUT2D eigenvalue weighted by molar-refractivity contribution is 0.0677. The van der Waals surface area contributed by atoms with Crippen LogP contribution in [0.1, 0.15) is 61.8 Å². The highest BCUT2D eigenvalue weighted by atomic mass is 35.5. The summed E-state index contributed by atoms with van der Waals surface area (Å²) in [7, 11) is 1.59. The number of unbranched alkanes of at least 4 members (excludes halogenated alkanes) is 3. The summed E-state index contributed by atoms with van der Waals surface area (Å²) in [5.41, 5.74) is 1.27. The van der Waals surface area contributed by atoms with Gasteiger partial charge in [0.15, 0.2) is 0 Å². The standard InChI is InChI=1S/C30H31Cl2N3O3/c1-4-5-6-9-18-34(29(36)24-10-7-8-11-26(24)32)20(2)28-33-27-19-21(31)12-17-25(27)30(37)35(28)22-13-15-23(38-3)16-14-22/h7-8,10-17,19-20H,4-6,9,18H2,1-3H3. The summed E-state index contributed by atoms with van der Waals surface area (Å²) in [5.74, 6) is 0.899. The van der Waals surface area contributed by atoms with Crippen LogP contribution in [0.3, 0.4) is 0 Å². The summed E-state index contributed by atoms with van der Waals surface area (Å²) in [4.78, 5) is 34.4. The molecular formula is C30H31Cl2N3O3. The first-order valence-corrected chi connectivity index (χ1v) is 13.5. The summed E-state index contributed by atoms with van der Waals surface area (Å²) in [5, 5.41) is 1.30. The minimum Gasteiger partial charge on any atom is -0.497 e. The molecule has 0 spiro atoms. The van der Waals surface area contributed by atoms with E-state index in [2.05, 4.69) is 6.92 Å². The lowest BCUT2D eigenvalue weighted by Crippen LogP contribution is -2.38. The van der Waals surface area contributed by atoms with Crippen molar-refractivity contribution in [3.8, 4) is 11.4 Å². The van der Waals surface area contributed by atoms with Crippen LogP contribution >= 0.6 is 23.2 Å². The summed E-state index contributed by atoms with van der Waals surface area (Å²) in [6, 6.07) is 18.7. The maximum Gasteiger partial charge on any atom is 0.266 e. The minimum atomic E-state index is -0.543. The number of carbonyl (C=O) groups excluding carboxylic acids is 1. The molecule has 1 unspecified atom stereocenters. The van der Waals surface area contributed by atoms with Crippen molar-refractivity contribution < 1.29 is 9.53 Å². The first-order valence-electron chi connectivity index (χ1n) is 12.8. The molecule has 1 amide bonds. The zero-order valence-electron chi connectivity index (χ0n) is 21.8. The molecule has 0 saturated heterocycles. The highest BCUT2D eigenvalue weighted by molar-refractivity contribution is 6.33. The molecule has 0 saturated carbocycles. The van der Waals surface area contributed by atoms with E-state index in [9.17, 15) is 9.59 Å². The Morgan fingerprint density at radius 1 is 1.03 bits per heavy atom. The highest BCUT2D eigenvalue weighted by Gasteiger charge is 2.28. The van der Waals surface area contributed by atoms with Crippen molar-refractivity contribution in [2.45, 2.75) is 45.6 Å². The second-order valence-electron chi connectivity index (χ2n) is 9.19. The van der Waals surface area contributed by atoms with Gasteiger partial charge in [0.2, 0.25) is 0 Å². The van der Waals surface area contributed by atoms with Crippen molar-refractivity contribution in [1.29, 1.82) is 0 Å². The molecule has 0 aliphatic carbocycles. The van der Waals surface area contributed by atoms with Crippen LogP contribution in [-0.4, -0.2) is 34.0 Å². The van der Waals surface area contributed by atoms with Crippen LogP contribution in [-0.2, 0) is 0 Å². The molecule has 1 atom stereocenters. The van der Waals surface area contributed by atoms with E-state index in [0.29, 0.717) is 50.3 Å². The number of methoxy groups -OCH3 is 1. The van der Waals surface area contributed by atoms with Gasteiger partial charge in [-0.25, -0.2) is 4.98 Å². The Labute approximate surface area is 232 Å². The molecule has 3 aromatic carbocycles. The van der Waals surface area contributed by atoms with E-state index in [-0.39, 0.29) is 11.5 Å². The van der Waals surface area contributed by atoms with Gasteiger partial charge in [0.05, 0.1) is 40.3 Å². The van der Waals surface area contributed by atoms with Gasteiger partial charge in [0, 0.05) is 11.6 Å². The molecule has 6 nitrogen and oxygen atoms in total. The number of ether oxygens (including phenoxy) is 1. The molecule has 0 aliphatic heterocycles. The molecule has 1 heterocycles. The molecule has 8 heteroatoms. The zero-order chi connectivity index (χ0) is 27.2. The molecule has 4 aromatic rings. The van der Waals surface area contributed by atoms with Gasteiger partial charge in [-0.05, 0) is 67.9 Å². The number of hydrogen-bond acceptors (Lipinski definition) is 4. The topological polar surface area (TPSA) is 64.4 Å². The number of amides is 1. The third kappa shape index (κ3) is 5.87. The van der Waals surface area contributed by atoms with Crippen LogP contribution in [0.25, 0.3) is 16.6 Å². The molecule has 38 heavy (non-hydrogen) atoms. The summed E-state index contributed by atoms with van der Waals surface area (Å²) >= 11 is 12.7. The van der Waals surface area contributed by atoms with Gasteiger partial charge in [-0.1, -0.05) is 61.5 Å². The predicted molar refractivity (Wildman–Crippen MR) is 154 cm³/mol. The summed E-state index contributed by atoms with van der Waals surface area (Å²) in [6.07, 6.45) is 3.96. The van der Waals surface area contributed by atoms with E-state index < -0.39 is 6.04 Å². The SMILES string of the molecule is CCCCCCN(C(=O)c1ccccc1Cl)C(C)c1nc2cc(Cl)ccc2c(=O)n1-c1ccc(OC)cc1. The molecule has 198 valence electrons. The van der Waals surface area contributed by atoms with Gasteiger partial charge >= 0.3 is 0 Å². The Hall–Kier alpha value is -3.35. The molecular weight excluding hydrogens is 521 g/mol. The van der Waals surface area contributed by atoms with Crippen LogP contribution in [0.15, 0.2) is 71.5 Å². The summed E-state index contributed by atoms with van der Waals surface area (Å²) < 4.78 is 6.88. The predicted octanol–water partition coefficient (Wildman–Crippen LogP) is 7.48. The van der Waals surface area contributed by atoms with E-state index in [4.69, 9.17) is 32.9 Å². The van der Waals surface area contributed by atoms with Crippen molar-refractivity contribution >= 4 is 40.0 Å². The number of aromatic nitrogens is 2. The maximum absolute atomic E-state index is 13.9. The number of rotatable bonds is 10. The lowest BCUT2D eigenvalue weighted by atomic mass is 10.1. The molecule has 0 radical (unpaired) electrons. The monoisotopic (exact) mass is 551 g/mol. The van der Waals surface area contributed by atoms with Crippen LogP contribution in [0, 0.1) is 0 Å². The molecule has 0 bridgehead atoms. The van der Waals surface area contributed by atoms with Gasteiger partial charge in [0.25, 0.3) is 11.5 Å². The van der Waals surface area contributed by atoms with Crippen molar-refractivity contribution in [2.24, 2.45) is 0 Å². The van der Waals surface area contributed by atoms with Crippen molar-refractivity contribution in [3.05, 3.63) is 98.5 Å². The first kappa shape index (κ1) is 27.7. The number of benzene rings is 3. The van der Waals surface area contributed by atoms with Gasteiger partial charge < -0.3 is 9.64 Å². The Bertz CT molecular complexity index is 1480. The largest absolute Gasteiger partial charge is 0.497 e. The number of fused-ring (bicyclic) bond motifs is 1. The molecule has 0 aliphatic rings. The zero-order valence-corrected chi connectivity index (χ0v) is 23.3. The third-order valence-corrected chi connectivity index (χ3v) is 7.21. The Morgan fingerprint density at radius 3 is 2.45 bits per heavy atom. The van der Waals surface area contributed by atoms with Gasteiger partial charge in [-0.3, -0.25) is 14.2 Å². The fourth-order valence-electron chi connectivity index (χ4n) is 4.55. The highest BCUT2D eigenvalue weighted by Crippen LogP contribution is 2.28. The Balaban J connectivity index is 1.88. The van der Waals surface area contributed by atoms with E-state index in [1.165, 1.54) is 0 Å². The van der Waals surface area contributed by atoms with E-state index in [1.807, 2.05) is 6.92 Å². The quantitative estimate of drug-likeness (QED) is 0.191. The van der Waals surface area contributed by atoms with Gasteiger partial charge in [0.1, 0.15) is 11.6 Å². The van der Waals surface area contributed by atoms with E-state index in [1.54, 1.807) is 83.3 Å². The number of halogens is 2. The van der Waals surface area contributed by atoms with Crippen molar-refractivity contribution in [1.82, 2.24) is 14.5 Å². The van der Waals surface area contributed by atoms with E-state index in [0.717, 1.165) is 25.7 Å². The number of carbonyl (C=O) groups is 1. The van der Waals surface area contributed by atoms with E-state index >= 15 is 0 Å². The number of hydrogen-bond donors (Lipinski definition) is 0. The second-order valence-corrected chi connectivity index (χ2v) is 10.0. The first-order chi connectivity index (χ1) is 18.3. The van der Waals surface area contributed by atoms with Gasteiger partial charge in [-0.2, -0.15) is 0 Å². The fraction of sp³-hybridized carbons (Fsp3) is 0.300.